The van der Waals surface area contributed by atoms with E-state index in [9.17, 15) is 14.4 Å². The highest BCUT2D eigenvalue weighted by molar-refractivity contribution is 6.05. The quantitative estimate of drug-likeness (QED) is 0.537. The molecule has 33 heavy (non-hydrogen) atoms. The summed E-state index contributed by atoms with van der Waals surface area (Å²) in [4.78, 5) is 40.6. The predicted octanol–water partition coefficient (Wildman–Crippen LogP) is 3.20. The molecule has 8 nitrogen and oxygen atoms in total. The van der Waals surface area contributed by atoms with Gasteiger partial charge in [-0.3, -0.25) is 14.4 Å². The predicted molar refractivity (Wildman–Crippen MR) is 124 cm³/mol. The number of carbonyl (C=O) groups excluding carboxylic acids is 2. The van der Waals surface area contributed by atoms with Crippen LogP contribution >= 0.6 is 0 Å². The van der Waals surface area contributed by atoms with E-state index in [0.717, 1.165) is 0 Å². The Bertz CT molecular complexity index is 1220. The normalized spacial score (nSPS) is 15.9. The second-order valence-corrected chi connectivity index (χ2v) is 7.88. The Labute approximate surface area is 191 Å². The van der Waals surface area contributed by atoms with Gasteiger partial charge in [-0.1, -0.05) is 18.2 Å². The molecule has 0 spiro atoms. The van der Waals surface area contributed by atoms with Crippen LogP contribution in [0.15, 0.2) is 53.3 Å². The number of carbonyl (C=O) groups is 2. The third kappa shape index (κ3) is 4.60. The third-order valence-corrected chi connectivity index (χ3v) is 5.73. The number of hydrogen-bond acceptors (Lipinski definition) is 6. The zero-order valence-corrected chi connectivity index (χ0v) is 18.8. The Morgan fingerprint density at radius 1 is 1.03 bits per heavy atom. The van der Waals surface area contributed by atoms with Crippen molar-refractivity contribution in [2.24, 2.45) is 5.92 Å². The summed E-state index contributed by atoms with van der Waals surface area (Å²) in [6.07, 6.45) is 1.38. The first-order chi connectivity index (χ1) is 16.0. The van der Waals surface area contributed by atoms with Crippen LogP contribution in [0.3, 0.4) is 0 Å². The maximum absolute atomic E-state index is 13.5. The highest BCUT2D eigenvalue weighted by Gasteiger charge is 2.31. The fraction of sp³-hybridized carbons (Fsp3) is 0.360. The van der Waals surface area contributed by atoms with E-state index in [4.69, 9.17) is 9.47 Å². The Hall–Kier alpha value is -3.68. The molecular weight excluding hydrogens is 422 g/mol. The van der Waals surface area contributed by atoms with Crippen molar-refractivity contribution in [3.8, 4) is 11.4 Å². The van der Waals surface area contributed by atoms with Crippen molar-refractivity contribution in [1.82, 2.24) is 14.7 Å². The minimum Gasteiger partial charge on any atom is -0.494 e. The number of nitrogens with zero attached hydrogens (tertiary/aromatic N) is 3. The lowest BCUT2D eigenvalue weighted by atomic mass is 9.97. The molecule has 0 radical (unpaired) electrons. The molecule has 1 aliphatic heterocycles. The standard InChI is InChI=1S/C25H27N3O5/c1-3-32-19-13-11-18(12-14-19)28-23(29)21-10-6-5-9-20(21)22(26-28)24(30)27-15-7-8-17(16-27)25(31)33-4-2/h5-6,9-14,17H,3-4,7-8,15-16H2,1-2H3. The minimum absolute atomic E-state index is 0.184. The summed E-state index contributed by atoms with van der Waals surface area (Å²) in [5.74, 6) is -0.261. The smallest absolute Gasteiger partial charge is 0.310 e. The van der Waals surface area contributed by atoms with Gasteiger partial charge in [-0.2, -0.15) is 9.78 Å². The van der Waals surface area contributed by atoms with Gasteiger partial charge >= 0.3 is 5.97 Å². The molecule has 2 heterocycles. The number of amides is 1. The molecule has 0 bridgehead atoms. The molecule has 1 aromatic heterocycles. The number of piperidine rings is 1. The van der Waals surface area contributed by atoms with E-state index in [-0.39, 0.29) is 35.6 Å². The number of ether oxygens (including phenoxy) is 2. The summed E-state index contributed by atoms with van der Waals surface area (Å²) in [6.45, 7) is 5.30. The number of fused-ring (bicyclic) bond motifs is 1. The van der Waals surface area contributed by atoms with Gasteiger partial charge in [-0.25, -0.2) is 0 Å². The average Bonchev–Trinajstić information content (AvgIpc) is 2.85. The molecule has 1 saturated heterocycles. The highest BCUT2D eigenvalue weighted by atomic mass is 16.5. The molecular formula is C25H27N3O5. The first-order valence-electron chi connectivity index (χ1n) is 11.2. The number of rotatable bonds is 6. The lowest BCUT2D eigenvalue weighted by Gasteiger charge is -2.31. The molecule has 0 saturated carbocycles. The zero-order chi connectivity index (χ0) is 23.4. The summed E-state index contributed by atoms with van der Waals surface area (Å²) < 4.78 is 11.9. The Morgan fingerprint density at radius 3 is 2.45 bits per heavy atom. The Morgan fingerprint density at radius 2 is 1.76 bits per heavy atom. The van der Waals surface area contributed by atoms with Gasteiger partial charge in [0.25, 0.3) is 11.5 Å². The van der Waals surface area contributed by atoms with E-state index in [2.05, 4.69) is 5.10 Å². The van der Waals surface area contributed by atoms with Gasteiger partial charge in [0, 0.05) is 18.5 Å². The molecule has 172 valence electrons. The SMILES string of the molecule is CCOC(=O)C1CCCN(C(=O)c2nn(-c3ccc(OCC)cc3)c(=O)c3ccccc23)C1. The molecule has 0 N–H and O–H groups in total. The third-order valence-electron chi connectivity index (χ3n) is 5.73. The molecule has 3 aromatic rings. The van der Waals surface area contributed by atoms with Crippen molar-refractivity contribution in [2.75, 3.05) is 26.3 Å². The van der Waals surface area contributed by atoms with Crippen LogP contribution in [0.1, 0.15) is 37.2 Å². The summed E-state index contributed by atoms with van der Waals surface area (Å²) in [6, 6.07) is 14.0. The molecule has 1 atom stereocenters. The van der Waals surface area contributed by atoms with E-state index in [1.165, 1.54) is 4.68 Å². The first-order valence-corrected chi connectivity index (χ1v) is 11.2. The number of aromatic nitrogens is 2. The van der Waals surface area contributed by atoms with E-state index in [1.807, 2.05) is 6.92 Å². The molecule has 0 aliphatic carbocycles. The van der Waals surface area contributed by atoms with Gasteiger partial charge < -0.3 is 14.4 Å². The highest BCUT2D eigenvalue weighted by Crippen LogP contribution is 2.23. The summed E-state index contributed by atoms with van der Waals surface area (Å²) in [5.41, 5.74) is 0.407. The van der Waals surface area contributed by atoms with Crippen molar-refractivity contribution in [3.05, 3.63) is 64.6 Å². The summed E-state index contributed by atoms with van der Waals surface area (Å²) in [5, 5.41) is 5.38. The van der Waals surface area contributed by atoms with Crippen molar-refractivity contribution in [2.45, 2.75) is 26.7 Å². The van der Waals surface area contributed by atoms with Gasteiger partial charge in [-0.15, -0.1) is 0 Å². The maximum Gasteiger partial charge on any atom is 0.310 e. The number of likely N-dealkylation sites (tertiary alicyclic amines) is 1. The molecule has 2 aromatic carbocycles. The van der Waals surface area contributed by atoms with Crippen molar-refractivity contribution < 1.29 is 19.1 Å². The average molecular weight is 450 g/mol. The van der Waals surface area contributed by atoms with Gasteiger partial charge in [0.15, 0.2) is 5.69 Å². The lowest BCUT2D eigenvalue weighted by molar-refractivity contribution is -0.149. The van der Waals surface area contributed by atoms with Crippen LogP contribution in [0.2, 0.25) is 0 Å². The Kier molecular flexibility index (Phi) is 6.72. The number of esters is 1. The van der Waals surface area contributed by atoms with Crippen LogP contribution in [0.4, 0.5) is 0 Å². The lowest BCUT2D eigenvalue weighted by Crippen LogP contribution is -2.43. The molecule has 1 unspecified atom stereocenters. The molecule has 1 aliphatic rings. The van der Waals surface area contributed by atoms with E-state index in [1.54, 1.807) is 60.4 Å². The van der Waals surface area contributed by atoms with Crippen LogP contribution in [-0.4, -0.2) is 52.9 Å². The van der Waals surface area contributed by atoms with E-state index in [0.29, 0.717) is 54.8 Å². The Balaban J connectivity index is 1.74. The summed E-state index contributed by atoms with van der Waals surface area (Å²) >= 11 is 0. The fourth-order valence-electron chi connectivity index (χ4n) is 4.14. The van der Waals surface area contributed by atoms with Gasteiger partial charge in [-0.05, 0) is 57.0 Å². The molecule has 1 amide bonds. The van der Waals surface area contributed by atoms with Crippen molar-refractivity contribution in [1.29, 1.82) is 0 Å². The van der Waals surface area contributed by atoms with E-state index >= 15 is 0 Å². The molecule has 4 rings (SSSR count). The fourth-order valence-corrected chi connectivity index (χ4v) is 4.14. The van der Waals surface area contributed by atoms with Gasteiger partial charge in [0.1, 0.15) is 5.75 Å². The minimum atomic E-state index is -0.356. The van der Waals surface area contributed by atoms with Crippen LogP contribution in [0.25, 0.3) is 16.5 Å². The first kappa shape index (κ1) is 22.5. The molecule has 1 fully saturated rings. The van der Waals surface area contributed by atoms with Crippen molar-refractivity contribution >= 4 is 22.6 Å². The van der Waals surface area contributed by atoms with Crippen LogP contribution in [0.5, 0.6) is 5.75 Å². The van der Waals surface area contributed by atoms with Crippen LogP contribution in [0, 0.1) is 5.92 Å². The molecule has 8 heteroatoms. The maximum atomic E-state index is 13.5. The largest absolute Gasteiger partial charge is 0.494 e. The number of benzene rings is 2. The second kappa shape index (κ2) is 9.85. The van der Waals surface area contributed by atoms with Gasteiger partial charge in [0.2, 0.25) is 0 Å². The monoisotopic (exact) mass is 449 g/mol. The van der Waals surface area contributed by atoms with E-state index < -0.39 is 0 Å². The van der Waals surface area contributed by atoms with Crippen molar-refractivity contribution in [3.63, 3.8) is 0 Å². The van der Waals surface area contributed by atoms with Crippen LogP contribution in [-0.2, 0) is 9.53 Å². The van der Waals surface area contributed by atoms with Crippen LogP contribution < -0.4 is 10.3 Å². The van der Waals surface area contributed by atoms with Gasteiger partial charge in [0.05, 0.1) is 30.2 Å². The topological polar surface area (TPSA) is 90.7 Å². The summed E-state index contributed by atoms with van der Waals surface area (Å²) in [7, 11) is 0. The second-order valence-electron chi connectivity index (χ2n) is 7.88. The number of hydrogen-bond donors (Lipinski definition) is 0. The zero-order valence-electron chi connectivity index (χ0n) is 18.8.